The molecular formula is C25H20BrNO5. The molecule has 6 nitrogen and oxygen atoms in total. The number of Topliss-reactive ketones (excluding diaryl/α,β-unsaturated/α-hetero) is 1. The Morgan fingerprint density at radius 1 is 0.906 bits per heavy atom. The van der Waals surface area contributed by atoms with Crippen LogP contribution in [-0.4, -0.2) is 31.0 Å². The first-order valence-corrected chi connectivity index (χ1v) is 10.6. The summed E-state index contributed by atoms with van der Waals surface area (Å²) in [6.07, 6.45) is 0. The second-order valence-corrected chi connectivity index (χ2v) is 8.05. The van der Waals surface area contributed by atoms with Crippen LogP contribution in [0.1, 0.15) is 17.2 Å². The number of benzene rings is 3. The van der Waals surface area contributed by atoms with Crippen LogP contribution in [0.15, 0.2) is 82.8 Å². The van der Waals surface area contributed by atoms with E-state index < -0.39 is 17.7 Å². The average molecular weight is 494 g/mol. The maximum Gasteiger partial charge on any atom is 0.300 e. The molecule has 32 heavy (non-hydrogen) atoms. The minimum atomic E-state index is -0.857. The van der Waals surface area contributed by atoms with Crippen LogP contribution in [0, 0.1) is 0 Å². The molecule has 3 aromatic carbocycles. The number of aliphatic hydroxyl groups excluding tert-OH is 1. The number of hydrogen-bond donors (Lipinski definition) is 1. The minimum Gasteiger partial charge on any atom is -0.507 e. The fraction of sp³-hybridized carbons (Fsp3) is 0.120. The predicted molar refractivity (Wildman–Crippen MR) is 125 cm³/mol. The Labute approximate surface area is 193 Å². The third kappa shape index (κ3) is 3.76. The number of anilines is 1. The van der Waals surface area contributed by atoms with E-state index in [0.29, 0.717) is 28.3 Å². The van der Waals surface area contributed by atoms with E-state index in [2.05, 4.69) is 15.9 Å². The van der Waals surface area contributed by atoms with Crippen molar-refractivity contribution >= 4 is 39.1 Å². The Bertz CT molecular complexity index is 1220. The summed E-state index contributed by atoms with van der Waals surface area (Å²) >= 11 is 3.42. The number of hydrogen-bond acceptors (Lipinski definition) is 5. The predicted octanol–water partition coefficient (Wildman–Crippen LogP) is 5.09. The Hall–Kier alpha value is -3.58. The van der Waals surface area contributed by atoms with Gasteiger partial charge in [-0.25, -0.2) is 0 Å². The first kappa shape index (κ1) is 21.6. The SMILES string of the molecule is COc1ccc(C2C(=C(O)c3ccccc3)C(=O)C(=O)N2c2cccc(Br)c2)cc1OC. The van der Waals surface area contributed by atoms with Gasteiger partial charge in [-0.15, -0.1) is 0 Å². The number of halogens is 1. The van der Waals surface area contributed by atoms with E-state index >= 15 is 0 Å². The van der Waals surface area contributed by atoms with Crippen molar-refractivity contribution < 1.29 is 24.2 Å². The zero-order chi connectivity index (χ0) is 22.8. The molecule has 0 spiro atoms. The molecule has 162 valence electrons. The monoisotopic (exact) mass is 493 g/mol. The van der Waals surface area contributed by atoms with Crippen LogP contribution in [0.2, 0.25) is 0 Å². The summed E-state index contributed by atoms with van der Waals surface area (Å²) in [6.45, 7) is 0. The summed E-state index contributed by atoms with van der Waals surface area (Å²) in [5, 5.41) is 11.1. The van der Waals surface area contributed by atoms with Crippen molar-refractivity contribution in [3.63, 3.8) is 0 Å². The number of carbonyl (C=O) groups is 2. The number of nitrogens with zero attached hydrogens (tertiary/aromatic N) is 1. The van der Waals surface area contributed by atoms with Gasteiger partial charge in [-0.05, 0) is 35.9 Å². The largest absolute Gasteiger partial charge is 0.507 e. The number of aliphatic hydroxyl groups is 1. The second-order valence-electron chi connectivity index (χ2n) is 7.13. The van der Waals surface area contributed by atoms with Crippen LogP contribution < -0.4 is 14.4 Å². The zero-order valence-corrected chi connectivity index (χ0v) is 19.0. The quantitative estimate of drug-likeness (QED) is 0.304. The highest BCUT2D eigenvalue weighted by atomic mass is 79.9. The van der Waals surface area contributed by atoms with Crippen LogP contribution in [0.3, 0.4) is 0 Å². The Kier molecular flexibility index (Phi) is 6.01. The summed E-state index contributed by atoms with van der Waals surface area (Å²) < 4.78 is 11.5. The fourth-order valence-electron chi connectivity index (χ4n) is 3.81. The minimum absolute atomic E-state index is 0.00777. The van der Waals surface area contributed by atoms with Gasteiger partial charge in [0.15, 0.2) is 11.5 Å². The van der Waals surface area contributed by atoms with E-state index in [4.69, 9.17) is 9.47 Å². The van der Waals surface area contributed by atoms with Gasteiger partial charge in [0.25, 0.3) is 11.7 Å². The molecule has 4 rings (SSSR count). The standard InChI is InChI=1S/C25H20BrNO5/c1-31-19-12-11-16(13-20(19)32-2)22-21(23(28)15-7-4-3-5-8-15)24(29)25(30)27(22)18-10-6-9-17(26)14-18/h3-14,22,28H,1-2H3. The lowest BCUT2D eigenvalue weighted by Gasteiger charge is -2.26. The molecule has 1 heterocycles. The third-order valence-corrected chi connectivity index (χ3v) is 5.79. The van der Waals surface area contributed by atoms with E-state index in [-0.39, 0.29) is 11.3 Å². The van der Waals surface area contributed by atoms with Gasteiger partial charge in [0, 0.05) is 15.7 Å². The molecule has 1 unspecified atom stereocenters. The highest BCUT2D eigenvalue weighted by molar-refractivity contribution is 9.10. The Morgan fingerprint density at radius 3 is 2.28 bits per heavy atom. The van der Waals surface area contributed by atoms with Crippen molar-refractivity contribution in [2.45, 2.75) is 6.04 Å². The van der Waals surface area contributed by atoms with E-state index in [1.165, 1.54) is 19.1 Å². The van der Waals surface area contributed by atoms with Crippen molar-refractivity contribution in [2.75, 3.05) is 19.1 Å². The van der Waals surface area contributed by atoms with Crippen molar-refractivity contribution in [3.05, 3.63) is 94.0 Å². The maximum absolute atomic E-state index is 13.2. The molecule has 0 bridgehead atoms. The van der Waals surface area contributed by atoms with Gasteiger partial charge >= 0.3 is 0 Å². The molecule has 0 saturated carbocycles. The molecule has 1 saturated heterocycles. The van der Waals surface area contributed by atoms with E-state index in [0.717, 1.165) is 4.47 Å². The normalized spacial score (nSPS) is 17.5. The molecule has 0 radical (unpaired) electrons. The average Bonchev–Trinajstić information content (AvgIpc) is 3.09. The van der Waals surface area contributed by atoms with Crippen molar-refractivity contribution in [1.29, 1.82) is 0 Å². The van der Waals surface area contributed by atoms with Gasteiger partial charge in [-0.2, -0.15) is 0 Å². The van der Waals surface area contributed by atoms with Crippen molar-refractivity contribution in [3.8, 4) is 11.5 Å². The summed E-state index contributed by atoms with van der Waals surface area (Å²) in [7, 11) is 3.04. The van der Waals surface area contributed by atoms with Gasteiger partial charge in [-0.1, -0.05) is 58.4 Å². The van der Waals surface area contributed by atoms with Crippen LogP contribution in [0.5, 0.6) is 11.5 Å². The number of rotatable bonds is 5. The second kappa shape index (κ2) is 8.88. The topological polar surface area (TPSA) is 76.1 Å². The van der Waals surface area contributed by atoms with Crippen LogP contribution in [0.25, 0.3) is 5.76 Å². The van der Waals surface area contributed by atoms with Gasteiger partial charge in [-0.3, -0.25) is 14.5 Å². The van der Waals surface area contributed by atoms with Gasteiger partial charge < -0.3 is 14.6 Å². The number of ketones is 1. The lowest BCUT2D eigenvalue weighted by atomic mass is 9.94. The van der Waals surface area contributed by atoms with Gasteiger partial charge in [0.05, 0.1) is 25.8 Å². The smallest absolute Gasteiger partial charge is 0.300 e. The molecule has 7 heteroatoms. The molecule has 1 aliphatic rings. The third-order valence-electron chi connectivity index (χ3n) is 5.30. The zero-order valence-electron chi connectivity index (χ0n) is 17.4. The molecular weight excluding hydrogens is 474 g/mol. The first-order valence-electron chi connectivity index (χ1n) is 9.80. The number of amides is 1. The summed E-state index contributed by atoms with van der Waals surface area (Å²) in [5.41, 5.74) is 1.58. The molecule has 1 aliphatic heterocycles. The summed E-state index contributed by atoms with van der Waals surface area (Å²) in [6, 6.07) is 20.1. The number of methoxy groups -OCH3 is 2. The summed E-state index contributed by atoms with van der Waals surface area (Å²) in [4.78, 5) is 27.7. The van der Waals surface area contributed by atoms with E-state index in [9.17, 15) is 14.7 Å². The molecule has 1 atom stereocenters. The van der Waals surface area contributed by atoms with E-state index in [1.54, 1.807) is 60.7 Å². The first-order chi connectivity index (χ1) is 15.5. The number of ether oxygens (including phenoxy) is 2. The van der Waals surface area contributed by atoms with E-state index in [1.807, 2.05) is 12.1 Å². The van der Waals surface area contributed by atoms with Crippen LogP contribution >= 0.6 is 15.9 Å². The Balaban J connectivity index is 1.97. The Morgan fingerprint density at radius 2 is 1.62 bits per heavy atom. The van der Waals surface area contributed by atoms with Crippen molar-refractivity contribution in [2.24, 2.45) is 0 Å². The highest BCUT2D eigenvalue weighted by Crippen LogP contribution is 2.44. The molecule has 1 amide bonds. The fourth-order valence-corrected chi connectivity index (χ4v) is 4.20. The van der Waals surface area contributed by atoms with Crippen LogP contribution in [-0.2, 0) is 9.59 Å². The molecule has 3 aromatic rings. The summed E-state index contributed by atoms with van der Waals surface area (Å²) in [5.74, 6) is -0.754. The lowest BCUT2D eigenvalue weighted by molar-refractivity contribution is -0.132. The lowest BCUT2D eigenvalue weighted by Crippen LogP contribution is -2.29. The molecule has 1 fully saturated rings. The van der Waals surface area contributed by atoms with Crippen molar-refractivity contribution in [1.82, 2.24) is 0 Å². The van der Waals surface area contributed by atoms with Crippen LogP contribution in [0.4, 0.5) is 5.69 Å². The molecule has 1 N–H and O–H groups in total. The number of carbonyl (C=O) groups excluding carboxylic acids is 2. The molecule has 0 aromatic heterocycles. The van der Waals surface area contributed by atoms with Gasteiger partial charge in [0.2, 0.25) is 0 Å². The van der Waals surface area contributed by atoms with Gasteiger partial charge in [0.1, 0.15) is 5.76 Å². The molecule has 0 aliphatic carbocycles. The maximum atomic E-state index is 13.2. The highest BCUT2D eigenvalue weighted by Gasteiger charge is 2.47.